The molecular formula is C25H17Cl3N4O3S. The fourth-order valence-corrected chi connectivity index (χ4v) is 5.85. The van der Waals surface area contributed by atoms with Gasteiger partial charge in [0.05, 0.1) is 26.3 Å². The topological polar surface area (TPSA) is 91.4 Å². The van der Waals surface area contributed by atoms with Gasteiger partial charge >= 0.3 is 6.03 Å². The van der Waals surface area contributed by atoms with E-state index in [1.54, 1.807) is 54.6 Å². The minimum Gasteiger partial charge on any atom is -0.333 e. The van der Waals surface area contributed by atoms with Crippen LogP contribution >= 0.6 is 34.8 Å². The molecule has 2 N–H and O–H groups in total. The molecule has 1 aliphatic heterocycles. The third-order valence-electron chi connectivity index (χ3n) is 5.60. The van der Waals surface area contributed by atoms with E-state index in [4.69, 9.17) is 34.8 Å². The maximum atomic E-state index is 13.5. The van der Waals surface area contributed by atoms with Gasteiger partial charge in [0, 0.05) is 28.9 Å². The molecule has 0 saturated carbocycles. The number of rotatable bonds is 5. The largest absolute Gasteiger partial charge is 0.333 e. The molecule has 2 amide bonds. The second-order valence-electron chi connectivity index (χ2n) is 7.83. The smallest absolute Gasteiger partial charge is 0.326 e. The van der Waals surface area contributed by atoms with E-state index in [0.717, 1.165) is 0 Å². The second-order valence-corrected chi connectivity index (χ2v) is 10.7. The lowest BCUT2D eigenvalue weighted by Crippen LogP contribution is -2.42. The number of sulfonamides is 1. The highest BCUT2D eigenvalue weighted by molar-refractivity contribution is 7.92. The van der Waals surface area contributed by atoms with Gasteiger partial charge in [0.2, 0.25) is 0 Å². The normalized spacial score (nSPS) is 13.2. The molecule has 182 valence electrons. The number of amides is 2. The summed E-state index contributed by atoms with van der Waals surface area (Å²) in [5.74, 6) is 0.151. The van der Waals surface area contributed by atoms with Crippen molar-refractivity contribution >= 4 is 68.0 Å². The second kappa shape index (κ2) is 9.63. The van der Waals surface area contributed by atoms with Gasteiger partial charge in [0.1, 0.15) is 5.82 Å². The molecule has 5 rings (SSSR count). The lowest BCUT2D eigenvalue weighted by Gasteiger charge is -2.33. The van der Waals surface area contributed by atoms with E-state index in [0.29, 0.717) is 27.4 Å². The minimum atomic E-state index is -4.11. The monoisotopic (exact) mass is 558 g/mol. The van der Waals surface area contributed by atoms with E-state index < -0.39 is 16.1 Å². The minimum absolute atomic E-state index is 0.0929. The van der Waals surface area contributed by atoms with Gasteiger partial charge in [-0.05, 0) is 48.0 Å². The summed E-state index contributed by atoms with van der Waals surface area (Å²) in [5.41, 5.74) is 2.33. The van der Waals surface area contributed by atoms with Crippen LogP contribution in [0, 0.1) is 0 Å². The van der Waals surface area contributed by atoms with Crippen molar-refractivity contribution in [1.82, 2.24) is 10.3 Å². The van der Waals surface area contributed by atoms with Gasteiger partial charge in [0.15, 0.2) is 0 Å². The number of anilines is 3. The molecule has 0 aliphatic carbocycles. The number of aromatic nitrogens is 1. The van der Waals surface area contributed by atoms with Crippen molar-refractivity contribution < 1.29 is 13.2 Å². The summed E-state index contributed by atoms with van der Waals surface area (Å²) in [7, 11) is -4.11. The number of hydrogen-bond acceptors (Lipinski definition) is 4. The van der Waals surface area contributed by atoms with E-state index in [9.17, 15) is 13.2 Å². The van der Waals surface area contributed by atoms with Crippen LogP contribution < -0.4 is 14.9 Å². The third-order valence-corrected chi connectivity index (χ3v) is 7.87. The number of benzene rings is 3. The number of fused-ring (bicyclic) bond motifs is 1. The molecular weight excluding hydrogens is 543 g/mol. The van der Waals surface area contributed by atoms with Crippen LogP contribution in [-0.4, -0.2) is 19.4 Å². The summed E-state index contributed by atoms with van der Waals surface area (Å²) < 4.78 is 29.4. The Morgan fingerprint density at radius 1 is 0.861 bits per heavy atom. The number of carbonyl (C=O) groups excluding carboxylic acids is 1. The molecule has 0 spiro atoms. The first-order valence-electron chi connectivity index (χ1n) is 10.6. The van der Waals surface area contributed by atoms with Gasteiger partial charge in [0.25, 0.3) is 10.0 Å². The quantitative estimate of drug-likeness (QED) is 0.279. The molecule has 0 unspecified atom stereocenters. The molecule has 2 heterocycles. The third kappa shape index (κ3) is 4.49. The zero-order valence-corrected chi connectivity index (χ0v) is 21.5. The number of pyridine rings is 1. The fraction of sp³-hybridized carbons (Fsp3) is 0.0400. The van der Waals surface area contributed by atoms with E-state index in [-0.39, 0.29) is 33.0 Å². The van der Waals surface area contributed by atoms with Crippen molar-refractivity contribution in [2.75, 3.05) is 9.62 Å². The number of halogens is 3. The molecule has 0 bridgehead atoms. The predicted octanol–water partition coefficient (Wildman–Crippen LogP) is 6.87. The van der Waals surface area contributed by atoms with Crippen LogP contribution in [0.2, 0.25) is 15.1 Å². The SMILES string of the molecule is O=C1NCc2c(-c3ccccc3Cl)cc(S(=O)(=O)Nc3ccccn3)cc2N1c1c(Cl)cccc1Cl. The lowest BCUT2D eigenvalue weighted by atomic mass is 9.96. The molecule has 0 atom stereocenters. The van der Waals surface area contributed by atoms with Crippen LogP contribution in [0.5, 0.6) is 0 Å². The van der Waals surface area contributed by atoms with E-state index in [2.05, 4.69) is 15.0 Å². The van der Waals surface area contributed by atoms with Gasteiger partial charge in [-0.25, -0.2) is 18.2 Å². The average molecular weight is 560 g/mol. The Hall–Kier alpha value is -3.30. The molecule has 0 radical (unpaired) electrons. The summed E-state index contributed by atoms with van der Waals surface area (Å²) in [6.45, 7) is 0.140. The van der Waals surface area contributed by atoms with Crippen molar-refractivity contribution in [3.8, 4) is 11.1 Å². The molecule has 36 heavy (non-hydrogen) atoms. The zero-order valence-electron chi connectivity index (χ0n) is 18.4. The highest BCUT2D eigenvalue weighted by Crippen LogP contribution is 2.45. The van der Waals surface area contributed by atoms with Crippen LogP contribution in [-0.2, 0) is 16.6 Å². The number of nitrogens with one attached hydrogen (secondary N) is 2. The molecule has 1 aromatic heterocycles. The van der Waals surface area contributed by atoms with Crippen molar-refractivity contribution in [3.05, 3.63) is 99.6 Å². The fourth-order valence-electron chi connectivity index (χ4n) is 3.99. The number of carbonyl (C=O) groups is 1. The number of nitrogens with zero attached hydrogens (tertiary/aromatic N) is 2. The summed E-state index contributed by atoms with van der Waals surface area (Å²) in [6.07, 6.45) is 1.48. The highest BCUT2D eigenvalue weighted by atomic mass is 35.5. The Bertz CT molecular complexity index is 1580. The van der Waals surface area contributed by atoms with Gasteiger partial charge in [-0.15, -0.1) is 0 Å². The number of urea groups is 1. The molecule has 0 fully saturated rings. The van der Waals surface area contributed by atoms with Crippen LogP contribution in [0.25, 0.3) is 11.1 Å². The number of para-hydroxylation sites is 1. The van der Waals surface area contributed by atoms with Gasteiger partial charge in [-0.2, -0.15) is 0 Å². The first-order valence-corrected chi connectivity index (χ1v) is 13.3. The maximum absolute atomic E-state index is 13.5. The Kier molecular flexibility index (Phi) is 6.53. The Morgan fingerprint density at radius 3 is 2.25 bits per heavy atom. The first-order chi connectivity index (χ1) is 17.3. The Morgan fingerprint density at radius 2 is 1.56 bits per heavy atom. The predicted molar refractivity (Wildman–Crippen MR) is 143 cm³/mol. The molecule has 4 aromatic rings. The summed E-state index contributed by atoms with van der Waals surface area (Å²) in [4.78, 5) is 18.4. The molecule has 0 saturated heterocycles. The summed E-state index contributed by atoms with van der Waals surface area (Å²) in [5, 5.41) is 3.70. The standard InChI is InChI=1S/C25H17Cl3N4O3S/c26-19-7-2-1-6-16(19)17-12-15(36(34,35)31-23-10-3-4-11-29-23)13-22-18(17)14-30-25(33)32(22)24-20(27)8-5-9-21(24)28/h1-13H,14H2,(H,29,31)(H,30,33). The highest BCUT2D eigenvalue weighted by Gasteiger charge is 2.33. The molecule has 11 heteroatoms. The van der Waals surface area contributed by atoms with E-state index >= 15 is 0 Å². The van der Waals surface area contributed by atoms with Crippen molar-refractivity contribution in [2.45, 2.75) is 11.4 Å². The summed E-state index contributed by atoms with van der Waals surface area (Å²) in [6, 6.07) is 19.2. The number of hydrogen-bond donors (Lipinski definition) is 2. The van der Waals surface area contributed by atoms with Crippen LogP contribution in [0.4, 0.5) is 22.0 Å². The van der Waals surface area contributed by atoms with E-state index in [1.165, 1.54) is 29.3 Å². The zero-order chi connectivity index (χ0) is 25.4. The van der Waals surface area contributed by atoms with Crippen LogP contribution in [0.1, 0.15) is 5.56 Å². The first kappa shape index (κ1) is 24.4. The molecule has 3 aromatic carbocycles. The Balaban J connectivity index is 1.78. The van der Waals surface area contributed by atoms with Crippen molar-refractivity contribution in [1.29, 1.82) is 0 Å². The average Bonchev–Trinajstić information content (AvgIpc) is 2.85. The van der Waals surface area contributed by atoms with Crippen LogP contribution in [0.15, 0.2) is 83.9 Å². The van der Waals surface area contributed by atoms with Gasteiger partial charge in [-0.1, -0.05) is 65.1 Å². The van der Waals surface area contributed by atoms with Crippen molar-refractivity contribution in [3.63, 3.8) is 0 Å². The maximum Gasteiger partial charge on any atom is 0.326 e. The summed E-state index contributed by atoms with van der Waals surface area (Å²) >= 11 is 19.4. The van der Waals surface area contributed by atoms with Gasteiger partial charge < -0.3 is 5.32 Å². The molecule has 7 nitrogen and oxygen atoms in total. The van der Waals surface area contributed by atoms with Crippen LogP contribution in [0.3, 0.4) is 0 Å². The molecule has 1 aliphatic rings. The Labute approximate surface area is 222 Å². The lowest BCUT2D eigenvalue weighted by molar-refractivity contribution is 0.247. The van der Waals surface area contributed by atoms with Gasteiger partial charge in [-0.3, -0.25) is 9.62 Å². The van der Waals surface area contributed by atoms with E-state index in [1.807, 2.05) is 0 Å². The van der Waals surface area contributed by atoms with Crippen molar-refractivity contribution in [2.24, 2.45) is 0 Å².